The number of fused-ring (bicyclic) bond motifs is 1. The van der Waals surface area contributed by atoms with Crippen LogP contribution in [0.3, 0.4) is 0 Å². The molecule has 0 saturated carbocycles. The molecule has 0 fully saturated rings. The number of aryl methyl sites for hydroxylation is 2. The first-order chi connectivity index (χ1) is 12.4. The summed E-state index contributed by atoms with van der Waals surface area (Å²) in [7, 11) is -3.73. The minimum absolute atomic E-state index is 0.103. The minimum Gasteiger partial charge on any atom is -0.312 e. The maximum absolute atomic E-state index is 12.6. The highest BCUT2D eigenvalue weighted by atomic mass is 32.2. The zero-order chi connectivity index (χ0) is 18.7. The number of nitrogens with one attached hydrogen (secondary N) is 1. The molecule has 0 bridgehead atoms. The van der Waals surface area contributed by atoms with Crippen LogP contribution in [0, 0.1) is 6.92 Å². The molecule has 1 aliphatic heterocycles. The molecule has 7 nitrogen and oxygen atoms in total. The largest absolute Gasteiger partial charge is 0.312 e. The number of aromatic nitrogens is 2. The summed E-state index contributed by atoms with van der Waals surface area (Å²) >= 11 is 1.18. The molecule has 2 aromatic rings. The quantitative estimate of drug-likeness (QED) is 0.813. The van der Waals surface area contributed by atoms with Crippen LogP contribution in [0.2, 0.25) is 0 Å². The molecule has 0 spiro atoms. The van der Waals surface area contributed by atoms with Crippen LogP contribution in [0.25, 0.3) is 0 Å². The second kappa shape index (κ2) is 7.71. The van der Waals surface area contributed by atoms with E-state index >= 15 is 0 Å². The van der Waals surface area contributed by atoms with E-state index in [0.29, 0.717) is 18.0 Å². The van der Waals surface area contributed by atoms with Gasteiger partial charge in [0.25, 0.3) is 10.0 Å². The van der Waals surface area contributed by atoms with Crippen molar-refractivity contribution in [1.29, 1.82) is 0 Å². The van der Waals surface area contributed by atoms with Gasteiger partial charge in [0.2, 0.25) is 11.0 Å². The van der Waals surface area contributed by atoms with Crippen molar-refractivity contribution in [3.8, 4) is 0 Å². The van der Waals surface area contributed by atoms with Gasteiger partial charge in [-0.1, -0.05) is 24.7 Å². The number of nitrogens with zero attached hydrogens (tertiary/aromatic N) is 3. The molecule has 1 amide bonds. The molecule has 0 atom stereocenters. The zero-order valence-corrected chi connectivity index (χ0v) is 16.5. The Morgan fingerprint density at radius 1 is 1.35 bits per heavy atom. The van der Waals surface area contributed by atoms with Crippen molar-refractivity contribution in [2.45, 2.75) is 50.8 Å². The first-order valence-electron chi connectivity index (χ1n) is 8.67. The lowest BCUT2D eigenvalue weighted by atomic mass is 10.0. The van der Waals surface area contributed by atoms with Crippen molar-refractivity contribution in [3.63, 3.8) is 0 Å². The van der Waals surface area contributed by atoms with Crippen LogP contribution in [-0.4, -0.2) is 31.1 Å². The van der Waals surface area contributed by atoms with Crippen molar-refractivity contribution in [2.24, 2.45) is 0 Å². The smallest absolute Gasteiger partial charge is 0.263 e. The molecular formula is C17H22N4O3S2. The van der Waals surface area contributed by atoms with E-state index < -0.39 is 10.0 Å². The van der Waals surface area contributed by atoms with Gasteiger partial charge < -0.3 is 4.90 Å². The van der Waals surface area contributed by atoms with Crippen LogP contribution in [0.4, 0.5) is 10.8 Å². The second-order valence-electron chi connectivity index (χ2n) is 6.27. The number of amides is 1. The number of anilines is 2. The summed E-state index contributed by atoms with van der Waals surface area (Å²) in [5, 5.41) is 8.56. The van der Waals surface area contributed by atoms with Gasteiger partial charge in [-0.3, -0.25) is 9.52 Å². The van der Waals surface area contributed by atoms with Gasteiger partial charge in [-0.2, -0.15) is 0 Å². The highest BCUT2D eigenvalue weighted by Crippen LogP contribution is 2.31. The highest BCUT2D eigenvalue weighted by molar-refractivity contribution is 7.93. The predicted octanol–water partition coefficient (Wildman–Crippen LogP) is 3.12. The summed E-state index contributed by atoms with van der Waals surface area (Å²) in [6.45, 7) is 4.50. The third-order valence-corrected chi connectivity index (χ3v) is 6.49. The highest BCUT2D eigenvalue weighted by Gasteiger charge is 2.25. The Hall–Kier alpha value is -2.00. The molecule has 3 rings (SSSR count). The lowest BCUT2D eigenvalue weighted by molar-refractivity contribution is -0.118. The Morgan fingerprint density at radius 3 is 2.85 bits per heavy atom. The number of benzene rings is 1. The van der Waals surface area contributed by atoms with Crippen LogP contribution in [-0.2, 0) is 21.2 Å². The normalized spacial score (nSPS) is 14.2. The number of carbonyl (C=O) groups is 1. The van der Waals surface area contributed by atoms with E-state index in [2.05, 4.69) is 21.8 Å². The Labute approximate surface area is 157 Å². The summed E-state index contributed by atoms with van der Waals surface area (Å²) in [6, 6.07) is 4.93. The lowest BCUT2D eigenvalue weighted by Crippen LogP contribution is -2.35. The van der Waals surface area contributed by atoms with Crippen LogP contribution in [0.5, 0.6) is 0 Å². The summed E-state index contributed by atoms with van der Waals surface area (Å²) in [6.07, 6.45) is 3.95. The third kappa shape index (κ3) is 4.04. The average molecular weight is 395 g/mol. The van der Waals surface area contributed by atoms with Gasteiger partial charge in [-0.15, -0.1) is 10.2 Å². The minimum atomic E-state index is -3.73. The summed E-state index contributed by atoms with van der Waals surface area (Å²) in [4.78, 5) is 14.4. The first-order valence-corrected chi connectivity index (χ1v) is 11.0. The Morgan fingerprint density at radius 2 is 2.15 bits per heavy atom. The first kappa shape index (κ1) is 18.8. The van der Waals surface area contributed by atoms with E-state index in [1.807, 2.05) is 0 Å². The van der Waals surface area contributed by atoms with Crippen molar-refractivity contribution in [2.75, 3.05) is 16.2 Å². The van der Waals surface area contributed by atoms with E-state index in [1.165, 1.54) is 11.3 Å². The predicted molar refractivity (Wildman–Crippen MR) is 102 cm³/mol. The van der Waals surface area contributed by atoms with E-state index in [1.54, 1.807) is 30.0 Å². The van der Waals surface area contributed by atoms with Crippen molar-refractivity contribution < 1.29 is 13.2 Å². The van der Waals surface area contributed by atoms with Gasteiger partial charge in [0, 0.05) is 18.7 Å². The van der Waals surface area contributed by atoms with Gasteiger partial charge in [-0.05, 0) is 49.9 Å². The van der Waals surface area contributed by atoms with Gasteiger partial charge in [0.1, 0.15) is 5.01 Å². The molecule has 2 heterocycles. The Kier molecular flexibility index (Phi) is 5.57. The topological polar surface area (TPSA) is 92.3 Å². The number of carbonyl (C=O) groups excluding carboxylic acids is 1. The zero-order valence-electron chi connectivity index (χ0n) is 14.9. The number of sulfonamides is 1. The molecule has 1 N–H and O–H groups in total. The fourth-order valence-electron chi connectivity index (χ4n) is 2.97. The van der Waals surface area contributed by atoms with Crippen LogP contribution in [0.15, 0.2) is 23.1 Å². The van der Waals surface area contributed by atoms with Crippen LogP contribution >= 0.6 is 11.3 Å². The number of unbranched alkanes of at least 4 members (excludes halogenated alkanes) is 1. The van der Waals surface area contributed by atoms with Crippen LogP contribution in [0.1, 0.15) is 43.2 Å². The van der Waals surface area contributed by atoms with Crippen molar-refractivity contribution >= 4 is 38.1 Å². The van der Waals surface area contributed by atoms with Gasteiger partial charge in [-0.25, -0.2) is 8.42 Å². The molecular weight excluding hydrogens is 372 g/mol. The molecule has 1 aromatic heterocycles. The molecule has 1 aromatic carbocycles. The molecule has 140 valence electrons. The number of hydrogen-bond acceptors (Lipinski definition) is 6. The molecule has 9 heteroatoms. The van der Waals surface area contributed by atoms with Crippen molar-refractivity contribution in [3.05, 3.63) is 28.8 Å². The number of hydrogen-bond donors (Lipinski definition) is 1. The molecule has 0 radical (unpaired) electrons. The van der Waals surface area contributed by atoms with Crippen LogP contribution < -0.4 is 9.62 Å². The van der Waals surface area contributed by atoms with Crippen molar-refractivity contribution in [1.82, 2.24) is 10.2 Å². The fourth-order valence-corrected chi connectivity index (χ4v) is 4.85. The van der Waals surface area contributed by atoms with E-state index in [9.17, 15) is 13.2 Å². The Bertz CT molecular complexity index is 908. The third-order valence-electron chi connectivity index (χ3n) is 4.27. The molecule has 0 unspecified atom stereocenters. The number of rotatable bonds is 6. The molecule has 0 saturated heterocycles. The summed E-state index contributed by atoms with van der Waals surface area (Å²) in [5.74, 6) is 0.103. The maximum Gasteiger partial charge on any atom is 0.263 e. The summed E-state index contributed by atoms with van der Waals surface area (Å²) < 4.78 is 27.7. The SMILES string of the molecule is CCCCC(=O)N1CCCc2cc(S(=O)(=O)Nc3nnc(C)s3)ccc21. The summed E-state index contributed by atoms with van der Waals surface area (Å²) in [5.41, 5.74) is 1.71. The fraction of sp³-hybridized carbons (Fsp3) is 0.471. The second-order valence-corrected chi connectivity index (χ2v) is 9.14. The lowest BCUT2D eigenvalue weighted by Gasteiger charge is -2.30. The van der Waals surface area contributed by atoms with E-state index in [-0.39, 0.29) is 15.9 Å². The molecule has 1 aliphatic rings. The van der Waals surface area contributed by atoms with E-state index in [0.717, 1.165) is 36.9 Å². The standard InChI is InChI=1S/C17H22N4O3S2/c1-3-4-7-16(22)21-10-5-6-13-11-14(8-9-15(13)21)26(23,24)20-17-19-18-12(2)25-17/h8-9,11H,3-7,10H2,1-2H3,(H,19,20). The average Bonchev–Trinajstić information content (AvgIpc) is 3.02. The van der Waals surface area contributed by atoms with E-state index in [4.69, 9.17) is 0 Å². The van der Waals surface area contributed by atoms with Gasteiger partial charge in [0.15, 0.2) is 0 Å². The maximum atomic E-state index is 12.6. The van der Waals surface area contributed by atoms with Gasteiger partial charge in [0.05, 0.1) is 4.90 Å². The molecule has 0 aliphatic carbocycles. The Balaban J connectivity index is 1.85. The monoisotopic (exact) mass is 394 g/mol. The molecule has 26 heavy (non-hydrogen) atoms. The van der Waals surface area contributed by atoms with Gasteiger partial charge >= 0.3 is 0 Å².